The van der Waals surface area contributed by atoms with E-state index in [9.17, 15) is 0 Å². The summed E-state index contributed by atoms with van der Waals surface area (Å²) in [5.74, 6) is 0. The normalized spacial score (nSPS) is 10.9. The fraction of sp³-hybridized carbons (Fsp3) is 0.364. The quantitative estimate of drug-likeness (QED) is 0.683. The molecule has 0 unspecified atom stereocenters. The molecule has 2 nitrogen and oxygen atoms in total. The first-order valence-corrected chi connectivity index (χ1v) is 4.78. The summed E-state index contributed by atoms with van der Waals surface area (Å²) in [5, 5.41) is 0. The van der Waals surface area contributed by atoms with Gasteiger partial charge in [0.05, 0.1) is 18.0 Å². The van der Waals surface area contributed by atoms with Gasteiger partial charge in [-0.1, -0.05) is 13.8 Å². The number of nitrogens with zero attached hydrogens (tertiary/aromatic N) is 2. The van der Waals surface area contributed by atoms with Crippen LogP contribution in [0, 0.1) is 0 Å². The minimum Gasteiger partial charge on any atom is -0.306 e. The predicted octanol–water partition coefficient (Wildman–Crippen LogP) is 2.46. The zero-order valence-electron chi connectivity index (χ0n) is 8.12. The van der Waals surface area contributed by atoms with Gasteiger partial charge in [0, 0.05) is 6.20 Å². The molecule has 13 heavy (non-hydrogen) atoms. The lowest BCUT2D eigenvalue weighted by molar-refractivity contribution is 0.996. The molecule has 0 aliphatic carbocycles. The Bertz CT molecular complexity index is 377. The third-order valence-corrected chi connectivity index (χ3v) is 2.49. The number of pyridine rings is 1. The molecular weight excluding hydrogens is 160 g/mol. The van der Waals surface area contributed by atoms with Crippen LogP contribution in [0.15, 0.2) is 24.8 Å². The maximum atomic E-state index is 4.12. The van der Waals surface area contributed by atoms with Gasteiger partial charge in [-0.25, -0.2) is 4.98 Å². The van der Waals surface area contributed by atoms with Crippen molar-refractivity contribution in [2.45, 2.75) is 26.7 Å². The minimum atomic E-state index is 1.09. The maximum Gasteiger partial charge on any atom is 0.0992 e. The van der Waals surface area contributed by atoms with Crippen molar-refractivity contribution in [1.29, 1.82) is 0 Å². The zero-order chi connectivity index (χ0) is 9.26. The second-order valence-corrected chi connectivity index (χ2v) is 3.26. The van der Waals surface area contributed by atoms with Crippen molar-refractivity contribution in [3.8, 4) is 0 Å². The van der Waals surface area contributed by atoms with Gasteiger partial charge in [0.1, 0.15) is 0 Å². The van der Waals surface area contributed by atoms with Crippen molar-refractivity contribution >= 4 is 5.52 Å². The fourth-order valence-corrected chi connectivity index (χ4v) is 1.70. The van der Waals surface area contributed by atoms with Crippen LogP contribution in [0.5, 0.6) is 0 Å². The van der Waals surface area contributed by atoms with Crippen LogP contribution in [0.25, 0.3) is 5.52 Å². The van der Waals surface area contributed by atoms with E-state index >= 15 is 0 Å². The first kappa shape index (κ1) is 8.30. The summed E-state index contributed by atoms with van der Waals surface area (Å²) in [6.45, 7) is 4.39. The van der Waals surface area contributed by atoms with Crippen LogP contribution in [-0.2, 0) is 12.8 Å². The average Bonchev–Trinajstić information content (AvgIpc) is 2.62. The van der Waals surface area contributed by atoms with Gasteiger partial charge in [-0.3, -0.25) is 0 Å². The number of hydrogen-bond acceptors (Lipinski definition) is 1. The minimum absolute atomic E-state index is 1.09. The highest BCUT2D eigenvalue weighted by Crippen LogP contribution is 2.14. The van der Waals surface area contributed by atoms with Gasteiger partial charge in [0.25, 0.3) is 0 Å². The lowest BCUT2D eigenvalue weighted by atomic mass is 10.1. The largest absolute Gasteiger partial charge is 0.306 e. The Balaban J connectivity index is 2.67. The van der Waals surface area contributed by atoms with Crippen molar-refractivity contribution in [3.05, 3.63) is 35.9 Å². The van der Waals surface area contributed by atoms with Gasteiger partial charge >= 0.3 is 0 Å². The van der Waals surface area contributed by atoms with E-state index in [0.717, 1.165) is 12.8 Å². The van der Waals surface area contributed by atoms with E-state index in [4.69, 9.17) is 0 Å². The highest BCUT2D eigenvalue weighted by molar-refractivity contribution is 5.49. The van der Waals surface area contributed by atoms with Crippen LogP contribution in [0.3, 0.4) is 0 Å². The molecule has 0 aromatic carbocycles. The van der Waals surface area contributed by atoms with Crippen LogP contribution in [0.2, 0.25) is 0 Å². The van der Waals surface area contributed by atoms with Gasteiger partial charge in [0.15, 0.2) is 0 Å². The smallest absolute Gasteiger partial charge is 0.0992 e. The molecule has 2 rings (SSSR count). The molecule has 0 saturated heterocycles. The zero-order valence-corrected chi connectivity index (χ0v) is 8.12. The Morgan fingerprint density at radius 3 is 2.69 bits per heavy atom. The third-order valence-electron chi connectivity index (χ3n) is 2.49. The summed E-state index contributed by atoms with van der Waals surface area (Å²) >= 11 is 0. The van der Waals surface area contributed by atoms with Crippen LogP contribution in [0.4, 0.5) is 0 Å². The lowest BCUT2D eigenvalue weighted by Gasteiger charge is -2.06. The van der Waals surface area contributed by atoms with E-state index in [1.807, 2.05) is 12.5 Å². The summed E-state index contributed by atoms with van der Waals surface area (Å²) in [4.78, 5) is 4.12. The van der Waals surface area contributed by atoms with Crippen molar-refractivity contribution < 1.29 is 0 Å². The Hall–Kier alpha value is -1.31. The molecule has 2 heterocycles. The summed E-state index contributed by atoms with van der Waals surface area (Å²) in [5.41, 5.74) is 4.05. The van der Waals surface area contributed by atoms with Crippen molar-refractivity contribution in [3.63, 3.8) is 0 Å². The lowest BCUT2D eigenvalue weighted by Crippen LogP contribution is -1.94. The van der Waals surface area contributed by atoms with Crippen molar-refractivity contribution in [1.82, 2.24) is 9.38 Å². The number of fused-ring (bicyclic) bond motifs is 1. The molecule has 0 atom stereocenters. The highest BCUT2D eigenvalue weighted by atomic mass is 15.0. The summed E-state index contributed by atoms with van der Waals surface area (Å²) in [7, 11) is 0. The van der Waals surface area contributed by atoms with E-state index in [-0.39, 0.29) is 0 Å². The molecular formula is C11H14N2. The molecule has 0 saturated carbocycles. The second-order valence-electron chi connectivity index (χ2n) is 3.26. The van der Waals surface area contributed by atoms with E-state index < -0.39 is 0 Å². The van der Waals surface area contributed by atoms with Gasteiger partial charge in [-0.05, 0) is 30.0 Å². The van der Waals surface area contributed by atoms with Gasteiger partial charge < -0.3 is 4.40 Å². The first-order valence-electron chi connectivity index (χ1n) is 4.78. The maximum absolute atomic E-state index is 4.12. The molecule has 2 aromatic heterocycles. The molecule has 0 aliphatic rings. The SMILES string of the molecule is CCc1cc2cncn2cc1CC. The molecule has 0 fully saturated rings. The fourth-order valence-electron chi connectivity index (χ4n) is 1.70. The van der Waals surface area contributed by atoms with E-state index in [2.05, 4.69) is 35.5 Å². The van der Waals surface area contributed by atoms with Crippen LogP contribution < -0.4 is 0 Å². The topological polar surface area (TPSA) is 17.3 Å². The number of aromatic nitrogens is 2. The molecule has 2 heteroatoms. The van der Waals surface area contributed by atoms with Crippen molar-refractivity contribution in [2.75, 3.05) is 0 Å². The first-order chi connectivity index (χ1) is 6.35. The summed E-state index contributed by atoms with van der Waals surface area (Å²) in [6, 6.07) is 2.23. The Labute approximate surface area is 78.2 Å². The van der Waals surface area contributed by atoms with E-state index in [1.54, 1.807) is 0 Å². The Kier molecular flexibility index (Phi) is 2.05. The number of rotatable bonds is 2. The highest BCUT2D eigenvalue weighted by Gasteiger charge is 2.01. The summed E-state index contributed by atoms with van der Waals surface area (Å²) in [6.07, 6.45) is 8.13. The number of imidazole rings is 1. The molecule has 0 radical (unpaired) electrons. The summed E-state index contributed by atoms with van der Waals surface area (Å²) < 4.78 is 2.08. The van der Waals surface area contributed by atoms with Gasteiger partial charge in [-0.2, -0.15) is 0 Å². The Morgan fingerprint density at radius 1 is 1.23 bits per heavy atom. The number of aryl methyl sites for hydroxylation is 2. The molecule has 0 aliphatic heterocycles. The van der Waals surface area contributed by atoms with Crippen LogP contribution in [-0.4, -0.2) is 9.38 Å². The standard InChI is InChI=1S/C11H14N2/c1-3-9-5-11-6-12-8-13(11)7-10(9)4-2/h5-8H,3-4H2,1-2H3. The van der Waals surface area contributed by atoms with Gasteiger partial charge in [-0.15, -0.1) is 0 Å². The van der Waals surface area contributed by atoms with Crippen LogP contribution in [0.1, 0.15) is 25.0 Å². The average molecular weight is 174 g/mol. The molecule has 0 amide bonds. The van der Waals surface area contributed by atoms with E-state index in [0.29, 0.717) is 0 Å². The molecule has 2 aromatic rings. The van der Waals surface area contributed by atoms with E-state index in [1.165, 1.54) is 16.6 Å². The predicted molar refractivity (Wildman–Crippen MR) is 53.9 cm³/mol. The third kappa shape index (κ3) is 1.32. The second kappa shape index (κ2) is 3.21. The van der Waals surface area contributed by atoms with Crippen molar-refractivity contribution in [2.24, 2.45) is 0 Å². The van der Waals surface area contributed by atoms with Crippen LogP contribution >= 0.6 is 0 Å². The Morgan fingerprint density at radius 2 is 2.00 bits per heavy atom. The molecule has 0 N–H and O–H groups in total. The molecule has 0 spiro atoms. The molecule has 68 valence electrons. The molecule has 0 bridgehead atoms. The number of hydrogen-bond donors (Lipinski definition) is 0. The monoisotopic (exact) mass is 174 g/mol. The van der Waals surface area contributed by atoms with Gasteiger partial charge in [0.2, 0.25) is 0 Å².